The number of rotatable bonds is 7. The van der Waals surface area contributed by atoms with E-state index in [0.717, 1.165) is 21.7 Å². The minimum Gasteiger partial charge on any atom is -0.497 e. The third kappa shape index (κ3) is 4.76. The first kappa shape index (κ1) is 19.8. The number of carbonyl (C=O) groups is 1. The van der Waals surface area contributed by atoms with E-state index in [-0.39, 0.29) is 5.91 Å². The number of sulfonamides is 1. The lowest BCUT2D eigenvalue weighted by atomic mass is 10.1. The zero-order valence-electron chi connectivity index (χ0n) is 15.4. The Balaban J connectivity index is 2.19. The molecule has 140 valence electrons. The molecule has 1 atom stereocenters. The van der Waals surface area contributed by atoms with E-state index in [1.165, 1.54) is 7.11 Å². The van der Waals surface area contributed by atoms with Gasteiger partial charge in [0.2, 0.25) is 15.9 Å². The summed E-state index contributed by atoms with van der Waals surface area (Å²) in [6.45, 7) is 3.87. The number of nitrogens with zero attached hydrogens (tertiary/aromatic N) is 1. The largest absolute Gasteiger partial charge is 0.497 e. The number of nitrogens with one attached hydrogen (secondary N) is 1. The van der Waals surface area contributed by atoms with E-state index in [1.807, 2.05) is 31.2 Å². The minimum absolute atomic E-state index is 0.343. The highest BCUT2D eigenvalue weighted by molar-refractivity contribution is 7.92. The number of hydrogen-bond donors (Lipinski definition) is 1. The molecule has 0 aromatic heterocycles. The normalized spacial score (nSPS) is 12.3. The van der Waals surface area contributed by atoms with Crippen LogP contribution >= 0.6 is 0 Å². The summed E-state index contributed by atoms with van der Waals surface area (Å²) in [6.07, 6.45) is 1.09. The zero-order chi connectivity index (χ0) is 19.3. The summed E-state index contributed by atoms with van der Waals surface area (Å²) in [5.74, 6) is 0.244. The maximum absolute atomic E-state index is 12.6. The predicted molar refractivity (Wildman–Crippen MR) is 103 cm³/mol. The molecule has 0 fully saturated rings. The first-order valence-corrected chi connectivity index (χ1v) is 10.0. The van der Waals surface area contributed by atoms with Crippen molar-refractivity contribution < 1.29 is 17.9 Å². The highest BCUT2D eigenvalue weighted by Gasteiger charge is 2.29. The average molecular weight is 376 g/mol. The first-order valence-electron chi connectivity index (χ1n) is 8.19. The van der Waals surface area contributed by atoms with Crippen LogP contribution in [0.15, 0.2) is 48.5 Å². The first-order chi connectivity index (χ1) is 12.2. The average Bonchev–Trinajstić information content (AvgIpc) is 2.60. The van der Waals surface area contributed by atoms with E-state index in [1.54, 1.807) is 31.2 Å². The van der Waals surface area contributed by atoms with Gasteiger partial charge in [0, 0.05) is 6.54 Å². The SMILES string of the molecule is COc1ccc(N([C@H](C)C(=O)NCc2ccccc2C)S(C)(=O)=O)cc1. The molecule has 7 heteroatoms. The fourth-order valence-corrected chi connectivity index (χ4v) is 3.85. The van der Waals surface area contributed by atoms with Crippen molar-refractivity contribution in [2.75, 3.05) is 17.7 Å². The van der Waals surface area contributed by atoms with Crippen molar-refractivity contribution in [3.05, 3.63) is 59.7 Å². The van der Waals surface area contributed by atoms with Crippen molar-refractivity contribution in [3.63, 3.8) is 0 Å². The molecule has 6 nitrogen and oxygen atoms in total. The molecule has 0 saturated heterocycles. The topological polar surface area (TPSA) is 75.7 Å². The fourth-order valence-electron chi connectivity index (χ4n) is 2.68. The van der Waals surface area contributed by atoms with Crippen LogP contribution in [0.4, 0.5) is 5.69 Å². The van der Waals surface area contributed by atoms with Crippen molar-refractivity contribution >= 4 is 21.6 Å². The van der Waals surface area contributed by atoms with Crippen LogP contribution in [0.25, 0.3) is 0 Å². The number of carbonyl (C=O) groups excluding carboxylic acids is 1. The maximum atomic E-state index is 12.6. The van der Waals surface area contributed by atoms with Gasteiger partial charge in [-0.15, -0.1) is 0 Å². The summed E-state index contributed by atoms with van der Waals surface area (Å²) in [7, 11) is -2.11. The van der Waals surface area contributed by atoms with E-state index in [9.17, 15) is 13.2 Å². The highest BCUT2D eigenvalue weighted by atomic mass is 32.2. The monoisotopic (exact) mass is 376 g/mol. The zero-order valence-corrected chi connectivity index (χ0v) is 16.2. The van der Waals surface area contributed by atoms with Gasteiger partial charge in [-0.2, -0.15) is 0 Å². The molecule has 0 radical (unpaired) electrons. The number of aryl methyl sites for hydroxylation is 1. The van der Waals surface area contributed by atoms with Crippen molar-refractivity contribution in [2.45, 2.75) is 26.4 Å². The van der Waals surface area contributed by atoms with Gasteiger partial charge < -0.3 is 10.1 Å². The number of benzene rings is 2. The summed E-state index contributed by atoms with van der Waals surface area (Å²) in [6, 6.07) is 13.4. The minimum atomic E-state index is -3.64. The van der Waals surface area contributed by atoms with E-state index in [4.69, 9.17) is 4.74 Å². The molecule has 2 aromatic carbocycles. The second-order valence-electron chi connectivity index (χ2n) is 6.08. The molecule has 2 aromatic rings. The molecule has 0 heterocycles. The highest BCUT2D eigenvalue weighted by Crippen LogP contribution is 2.23. The predicted octanol–water partition coefficient (Wildman–Crippen LogP) is 2.47. The summed E-state index contributed by atoms with van der Waals surface area (Å²) < 4.78 is 30.8. The van der Waals surface area contributed by atoms with Crippen LogP contribution in [0.2, 0.25) is 0 Å². The van der Waals surface area contributed by atoms with E-state index in [2.05, 4.69) is 5.32 Å². The Morgan fingerprint density at radius 2 is 1.77 bits per heavy atom. The number of amides is 1. The third-order valence-corrected chi connectivity index (χ3v) is 5.37. The molecule has 0 unspecified atom stereocenters. The Morgan fingerprint density at radius 3 is 2.31 bits per heavy atom. The molecule has 0 saturated carbocycles. The summed E-state index contributed by atoms with van der Waals surface area (Å²) >= 11 is 0. The summed E-state index contributed by atoms with van der Waals surface area (Å²) in [5, 5.41) is 2.81. The Hall–Kier alpha value is -2.54. The number of hydrogen-bond acceptors (Lipinski definition) is 4. The van der Waals surface area contributed by atoms with Gasteiger partial charge in [-0.1, -0.05) is 24.3 Å². The summed E-state index contributed by atoms with van der Waals surface area (Å²) in [5.41, 5.74) is 2.46. The van der Waals surface area contributed by atoms with Gasteiger partial charge in [-0.3, -0.25) is 9.10 Å². The smallest absolute Gasteiger partial charge is 0.243 e. The third-order valence-electron chi connectivity index (χ3n) is 4.13. The van der Waals surface area contributed by atoms with Crippen LogP contribution in [0.1, 0.15) is 18.1 Å². The van der Waals surface area contributed by atoms with Gasteiger partial charge in [0.25, 0.3) is 0 Å². The van der Waals surface area contributed by atoms with Crippen LogP contribution in [0.3, 0.4) is 0 Å². The number of methoxy groups -OCH3 is 1. The van der Waals surface area contributed by atoms with Gasteiger partial charge in [-0.05, 0) is 49.2 Å². The molecule has 1 N–H and O–H groups in total. The van der Waals surface area contributed by atoms with Crippen LogP contribution in [-0.4, -0.2) is 33.7 Å². The van der Waals surface area contributed by atoms with Crippen molar-refractivity contribution in [1.82, 2.24) is 5.32 Å². The Kier molecular flexibility index (Phi) is 6.26. The molecule has 0 aliphatic heterocycles. The summed E-state index contributed by atoms with van der Waals surface area (Å²) in [4.78, 5) is 12.6. The quantitative estimate of drug-likeness (QED) is 0.805. The molecular formula is C19H24N2O4S. The van der Waals surface area contributed by atoms with Crippen LogP contribution < -0.4 is 14.4 Å². The van der Waals surface area contributed by atoms with E-state index >= 15 is 0 Å². The number of ether oxygens (including phenoxy) is 1. The van der Waals surface area contributed by atoms with Gasteiger partial charge in [0.15, 0.2) is 0 Å². The van der Waals surface area contributed by atoms with Crippen LogP contribution in [-0.2, 0) is 21.4 Å². The van der Waals surface area contributed by atoms with Crippen molar-refractivity contribution in [3.8, 4) is 5.75 Å². The Morgan fingerprint density at radius 1 is 1.15 bits per heavy atom. The molecular weight excluding hydrogens is 352 g/mol. The molecule has 1 amide bonds. The molecule has 2 rings (SSSR count). The lowest BCUT2D eigenvalue weighted by Crippen LogP contribution is -2.47. The Labute approximate surface area is 154 Å². The van der Waals surface area contributed by atoms with Gasteiger partial charge in [0.05, 0.1) is 19.1 Å². The van der Waals surface area contributed by atoms with Gasteiger partial charge in [-0.25, -0.2) is 8.42 Å². The maximum Gasteiger partial charge on any atom is 0.243 e. The van der Waals surface area contributed by atoms with Crippen LogP contribution in [0.5, 0.6) is 5.75 Å². The molecule has 0 spiro atoms. The molecule has 0 aliphatic carbocycles. The standard InChI is InChI=1S/C19H24N2O4S/c1-14-7-5-6-8-16(14)13-20-19(22)15(2)21(26(4,23)24)17-9-11-18(25-3)12-10-17/h5-12,15H,13H2,1-4H3,(H,20,22)/t15-/m1/s1. The van der Waals surface area contributed by atoms with Gasteiger partial charge >= 0.3 is 0 Å². The van der Waals surface area contributed by atoms with Gasteiger partial charge in [0.1, 0.15) is 11.8 Å². The van der Waals surface area contributed by atoms with E-state index < -0.39 is 16.1 Å². The Bertz CT molecular complexity index is 863. The molecule has 0 aliphatic rings. The lowest BCUT2D eigenvalue weighted by Gasteiger charge is -2.28. The molecule has 0 bridgehead atoms. The van der Waals surface area contributed by atoms with E-state index in [0.29, 0.717) is 18.0 Å². The second-order valence-corrected chi connectivity index (χ2v) is 7.94. The molecule has 26 heavy (non-hydrogen) atoms. The fraction of sp³-hybridized carbons (Fsp3) is 0.316. The second kappa shape index (κ2) is 8.23. The lowest BCUT2D eigenvalue weighted by molar-refractivity contribution is -0.122. The number of anilines is 1. The van der Waals surface area contributed by atoms with Crippen LogP contribution in [0, 0.1) is 6.92 Å². The van der Waals surface area contributed by atoms with Crippen molar-refractivity contribution in [1.29, 1.82) is 0 Å². The van der Waals surface area contributed by atoms with Crippen molar-refractivity contribution in [2.24, 2.45) is 0 Å².